The molecule has 3 aliphatic rings. The molecular weight excluding hydrogens is 533 g/mol. The Labute approximate surface area is 212 Å². The fourth-order valence-corrected chi connectivity index (χ4v) is 6.39. The van der Waals surface area contributed by atoms with Crippen LogP contribution >= 0.6 is 35.3 Å². The van der Waals surface area contributed by atoms with E-state index >= 15 is 0 Å². The Bertz CT molecular complexity index is 888. The number of piperazine rings is 1. The lowest BCUT2D eigenvalue weighted by Gasteiger charge is -2.42. The smallest absolute Gasteiger partial charge is 0.194 e. The van der Waals surface area contributed by atoms with Gasteiger partial charge in [0.25, 0.3) is 0 Å². The highest BCUT2D eigenvalue weighted by atomic mass is 127. The molecule has 0 radical (unpaired) electrons. The zero-order valence-electron chi connectivity index (χ0n) is 19.2. The van der Waals surface area contributed by atoms with E-state index in [4.69, 9.17) is 4.99 Å². The Hall–Kier alpha value is -1.20. The molecular formula is C23H36IN7S. The molecule has 1 aliphatic heterocycles. The fourth-order valence-electron chi connectivity index (χ4n) is 5.68. The van der Waals surface area contributed by atoms with Gasteiger partial charge in [-0.25, -0.2) is 4.99 Å². The highest BCUT2D eigenvalue weighted by molar-refractivity contribution is 14.0. The summed E-state index contributed by atoms with van der Waals surface area (Å²) in [5, 5.41) is 14.3. The van der Waals surface area contributed by atoms with Crippen molar-refractivity contribution in [2.45, 2.75) is 51.6 Å². The molecule has 2 bridgehead atoms. The number of thiophene rings is 1. The van der Waals surface area contributed by atoms with Crippen LogP contribution in [0.5, 0.6) is 0 Å². The van der Waals surface area contributed by atoms with E-state index in [0.29, 0.717) is 6.54 Å². The quantitative estimate of drug-likeness (QED) is 0.329. The molecule has 2 saturated carbocycles. The van der Waals surface area contributed by atoms with Crippen molar-refractivity contribution in [1.29, 1.82) is 0 Å². The average Bonchev–Trinajstić information content (AvgIpc) is 3.59. The molecule has 0 aromatic carbocycles. The van der Waals surface area contributed by atoms with Crippen LogP contribution in [0, 0.1) is 18.8 Å². The van der Waals surface area contributed by atoms with Crippen LogP contribution in [0.1, 0.15) is 42.2 Å². The summed E-state index contributed by atoms with van der Waals surface area (Å²) < 4.78 is 2.03. The maximum absolute atomic E-state index is 4.96. The van der Waals surface area contributed by atoms with E-state index in [1.54, 1.807) is 0 Å². The highest BCUT2D eigenvalue weighted by Gasteiger charge is 2.42. The molecule has 0 amide bonds. The standard InChI is InChI=1S/C23H35N7S.HI/c1-17-26-27-22(28(17)2)16-25-23(24-8-7-20-4-3-13-31-20)30-11-9-29(10-12-30)21-15-18-5-6-19(21)14-18;/h3-4,13,18-19,21H,5-12,14-16H2,1-2H3,(H,24,25);1H. The zero-order chi connectivity index (χ0) is 21.2. The van der Waals surface area contributed by atoms with Gasteiger partial charge in [-0.2, -0.15) is 0 Å². The lowest BCUT2D eigenvalue weighted by molar-refractivity contribution is 0.0958. The Balaban J connectivity index is 0.00000245. The van der Waals surface area contributed by atoms with E-state index in [2.05, 4.69) is 42.8 Å². The number of fused-ring (bicyclic) bond motifs is 2. The lowest BCUT2D eigenvalue weighted by atomic mass is 9.93. The van der Waals surface area contributed by atoms with E-state index < -0.39 is 0 Å². The Morgan fingerprint density at radius 1 is 1.19 bits per heavy atom. The third-order valence-electron chi connectivity index (χ3n) is 7.57. The van der Waals surface area contributed by atoms with E-state index in [0.717, 1.165) is 74.6 Å². The molecule has 3 atom stereocenters. The summed E-state index contributed by atoms with van der Waals surface area (Å²) in [5.74, 6) is 4.84. The van der Waals surface area contributed by atoms with Gasteiger partial charge in [0, 0.05) is 50.7 Å². The molecule has 3 heterocycles. The van der Waals surface area contributed by atoms with Crippen LogP contribution in [0.3, 0.4) is 0 Å². The van der Waals surface area contributed by atoms with Crippen LogP contribution in [0.4, 0.5) is 0 Å². The van der Waals surface area contributed by atoms with Crippen molar-refractivity contribution in [3.05, 3.63) is 34.0 Å². The van der Waals surface area contributed by atoms with Gasteiger partial charge in [0.05, 0.1) is 0 Å². The molecule has 0 spiro atoms. The van der Waals surface area contributed by atoms with Crippen molar-refractivity contribution in [2.75, 3.05) is 32.7 Å². The fraction of sp³-hybridized carbons (Fsp3) is 0.696. The maximum Gasteiger partial charge on any atom is 0.194 e. The summed E-state index contributed by atoms with van der Waals surface area (Å²) in [6.07, 6.45) is 6.90. The lowest BCUT2D eigenvalue weighted by Crippen LogP contribution is -2.55. The zero-order valence-corrected chi connectivity index (χ0v) is 22.4. The number of hydrogen-bond donors (Lipinski definition) is 1. The first kappa shape index (κ1) is 23.9. The third kappa shape index (κ3) is 5.30. The van der Waals surface area contributed by atoms with Crippen LogP contribution in [0.15, 0.2) is 22.5 Å². The van der Waals surface area contributed by atoms with Gasteiger partial charge in [0.2, 0.25) is 0 Å². The Kier molecular flexibility index (Phi) is 8.09. The van der Waals surface area contributed by atoms with Crippen LogP contribution in [-0.2, 0) is 20.0 Å². The van der Waals surface area contributed by atoms with Gasteiger partial charge in [-0.05, 0) is 55.9 Å². The molecule has 2 aromatic heterocycles. The molecule has 32 heavy (non-hydrogen) atoms. The largest absolute Gasteiger partial charge is 0.356 e. The highest BCUT2D eigenvalue weighted by Crippen LogP contribution is 2.46. The molecule has 176 valence electrons. The number of aliphatic imine (C=N–C) groups is 1. The molecule has 7 nitrogen and oxygen atoms in total. The van der Waals surface area contributed by atoms with Gasteiger partial charge in [-0.15, -0.1) is 45.5 Å². The van der Waals surface area contributed by atoms with Gasteiger partial charge in [-0.1, -0.05) is 12.5 Å². The number of nitrogens with one attached hydrogen (secondary N) is 1. The van der Waals surface area contributed by atoms with Crippen molar-refractivity contribution in [3.63, 3.8) is 0 Å². The van der Waals surface area contributed by atoms with Gasteiger partial charge in [0.15, 0.2) is 11.8 Å². The summed E-state index contributed by atoms with van der Waals surface area (Å²) in [6, 6.07) is 5.18. The van der Waals surface area contributed by atoms with Crippen molar-refractivity contribution in [2.24, 2.45) is 23.9 Å². The monoisotopic (exact) mass is 569 g/mol. The summed E-state index contributed by atoms with van der Waals surface area (Å²) in [6.45, 7) is 7.86. The summed E-state index contributed by atoms with van der Waals surface area (Å²) >= 11 is 1.82. The Morgan fingerprint density at radius 2 is 2.03 bits per heavy atom. The first-order chi connectivity index (χ1) is 15.2. The number of aryl methyl sites for hydroxylation is 1. The van der Waals surface area contributed by atoms with Crippen LogP contribution in [0.25, 0.3) is 0 Å². The van der Waals surface area contributed by atoms with Crippen molar-refractivity contribution in [1.82, 2.24) is 29.9 Å². The van der Waals surface area contributed by atoms with Crippen LogP contribution < -0.4 is 5.32 Å². The molecule has 1 N–H and O–H groups in total. The summed E-state index contributed by atoms with van der Waals surface area (Å²) in [4.78, 5) is 11.6. The third-order valence-corrected chi connectivity index (χ3v) is 8.51. The Morgan fingerprint density at radius 3 is 2.66 bits per heavy atom. The molecule has 3 unspecified atom stereocenters. The maximum atomic E-state index is 4.96. The minimum absolute atomic E-state index is 0. The molecule has 5 rings (SSSR count). The number of hydrogen-bond acceptors (Lipinski definition) is 5. The van der Waals surface area contributed by atoms with Gasteiger partial charge >= 0.3 is 0 Å². The van der Waals surface area contributed by atoms with Crippen molar-refractivity contribution in [3.8, 4) is 0 Å². The van der Waals surface area contributed by atoms with E-state index in [1.165, 1.54) is 30.6 Å². The first-order valence-corrected chi connectivity index (χ1v) is 12.7. The predicted molar refractivity (Wildman–Crippen MR) is 141 cm³/mol. The second kappa shape index (κ2) is 10.8. The first-order valence-electron chi connectivity index (χ1n) is 11.8. The predicted octanol–water partition coefficient (Wildman–Crippen LogP) is 3.30. The SMILES string of the molecule is Cc1nnc(CN=C(NCCc2cccs2)N2CCN(C3CC4CCC3C4)CC2)n1C.I. The van der Waals surface area contributed by atoms with Gasteiger partial charge < -0.3 is 14.8 Å². The number of guanidine groups is 1. The molecule has 3 fully saturated rings. The summed E-state index contributed by atoms with van der Waals surface area (Å²) in [7, 11) is 2.01. The molecule has 9 heteroatoms. The molecule has 1 saturated heterocycles. The van der Waals surface area contributed by atoms with Crippen molar-refractivity contribution < 1.29 is 0 Å². The van der Waals surface area contributed by atoms with Gasteiger partial charge in [0.1, 0.15) is 12.4 Å². The number of nitrogens with zero attached hydrogens (tertiary/aromatic N) is 6. The topological polar surface area (TPSA) is 61.6 Å². The van der Waals surface area contributed by atoms with Gasteiger partial charge in [-0.3, -0.25) is 4.90 Å². The minimum atomic E-state index is 0. The average molecular weight is 570 g/mol. The normalized spacial score (nSPS) is 25.9. The van der Waals surface area contributed by atoms with Crippen LogP contribution in [0.2, 0.25) is 0 Å². The number of halogens is 1. The second-order valence-electron chi connectivity index (χ2n) is 9.38. The van der Waals surface area contributed by atoms with E-state index in [9.17, 15) is 0 Å². The van der Waals surface area contributed by atoms with E-state index in [1.807, 2.05) is 29.9 Å². The molecule has 2 aliphatic carbocycles. The van der Waals surface area contributed by atoms with E-state index in [-0.39, 0.29) is 24.0 Å². The van der Waals surface area contributed by atoms with Crippen molar-refractivity contribution >= 4 is 41.3 Å². The number of rotatable bonds is 6. The van der Waals surface area contributed by atoms with Crippen LogP contribution in [-0.4, -0.2) is 69.3 Å². The summed E-state index contributed by atoms with van der Waals surface area (Å²) in [5.41, 5.74) is 0. The number of aromatic nitrogens is 3. The second-order valence-corrected chi connectivity index (χ2v) is 10.4. The molecule has 2 aromatic rings. The minimum Gasteiger partial charge on any atom is -0.356 e.